The Morgan fingerprint density at radius 2 is 2.10 bits per heavy atom. The summed E-state index contributed by atoms with van der Waals surface area (Å²) >= 11 is 0. The van der Waals surface area contributed by atoms with E-state index in [2.05, 4.69) is 17.1 Å². The highest BCUT2D eigenvalue weighted by atomic mass is 16.5. The minimum Gasteiger partial charge on any atom is -0.395 e. The maximum Gasteiger partial charge on any atom is 0.0644 e. The van der Waals surface area contributed by atoms with Crippen LogP contribution in [-0.2, 0) is 4.74 Å². The topological polar surface area (TPSA) is 44.7 Å². The summed E-state index contributed by atoms with van der Waals surface area (Å²) in [4.78, 5) is 2.47. The fourth-order valence-corrected chi connectivity index (χ4v) is 3.72. The van der Waals surface area contributed by atoms with Crippen molar-refractivity contribution >= 4 is 0 Å². The molecule has 0 radical (unpaired) electrons. The molecule has 1 aliphatic carbocycles. The van der Waals surface area contributed by atoms with Crippen LogP contribution in [0.2, 0.25) is 0 Å². The van der Waals surface area contributed by atoms with Gasteiger partial charge in [-0.25, -0.2) is 0 Å². The number of hydrogen-bond donors (Lipinski definition) is 2. The van der Waals surface area contributed by atoms with Gasteiger partial charge in [0.1, 0.15) is 0 Å². The molecule has 1 aliphatic heterocycles. The Balaban J connectivity index is 1.94. The Morgan fingerprint density at radius 1 is 1.30 bits per heavy atom. The quantitative estimate of drug-likeness (QED) is 0.698. The standard InChI is InChI=1S/C16H32N2O2/c1-2-8-17-13-16(6-4-3-5-7-16)14-18-9-10-20-12-15(18)11-19/h15,17,19H,2-14H2,1H3. The molecule has 118 valence electrons. The Bertz CT molecular complexity index is 267. The minimum atomic E-state index is 0.203. The number of aliphatic hydroxyl groups excluding tert-OH is 1. The summed E-state index contributed by atoms with van der Waals surface area (Å²) in [6.07, 6.45) is 7.98. The van der Waals surface area contributed by atoms with Crippen molar-refractivity contribution in [3.8, 4) is 0 Å². The first-order valence-corrected chi connectivity index (χ1v) is 8.43. The summed E-state index contributed by atoms with van der Waals surface area (Å²) in [6, 6.07) is 0.203. The summed E-state index contributed by atoms with van der Waals surface area (Å²) in [5.41, 5.74) is 0.415. The maximum atomic E-state index is 9.55. The molecular weight excluding hydrogens is 252 g/mol. The second kappa shape index (κ2) is 8.32. The zero-order valence-corrected chi connectivity index (χ0v) is 13.1. The van der Waals surface area contributed by atoms with Gasteiger partial charge in [0.15, 0.2) is 0 Å². The average molecular weight is 284 g/mol. The molecule has 1 unspecified atom stereocenters. The molecule has 0 aromatic carbocycles. The first-order chi connectivity index (χ1) is 9.79. The molecule has 2 N–H and O–H groups in total. The molecule has 1 atom stereocenters. The fourth-order valence-electron chi connectivity index (χ4n) is 3.72. The lowest BCUT2D eigenvalue weighted by Crippen LogP contribution is -2.54. The van der Waals surface area contributed by atoms with Crippen molar-refractivity contribution in [3.63, 3.8) is 0 Å². The van der Waals surface area contributed by atoms with Crippen LogP contribution in [0.4, 0.5) is 0 Å². The van der Waals surface area contributed by atoms with Gasteiger partial charge in [0, 0.05) is 19.6 Å². The third-order valence-corrected chi connectivity index (χ3v) is 4.94. The number of ether oxygens (including phenoxy) is 1. The smallest absolute Gasteiger partial charge is 0.0644 e. The predicted molar refractivity (Wildman–Crippen MR) is 81.9 cm³/mol. The molecule has 4 heteroatoms. The number of nitrogens with one attached hydrogen (secondary N) is 1. The molecule has 1 saturated heterocycles. The summed E-state index contributed by atoms with van der Waals surface area (Å²) < 4.78 is 5.51. The normalized spacial score (nSPS) is 27.6. The van der Waals surface area contributed by atoms with Crippen molar-refractivity contribution in [2.45, 2.75) is 51.5 Å². The molecule has 0 spiro atoms. The van der Waals surface area contributed by atoms with E-state index in [0.717, 1.165) is 32.8 Å². The van der Waals surface area contributed by atoms with E-state index >= 15 is 0 Å². The zero-order chi connectivity index (χ0) is 14.3. The Morgan fingerprint density at radius 3 is 2.80 bits per heavy atom. The summed E-state index contributed by atoms with van der Waals surface area (Å²) in [6.45, 7) is 8.30. The van der Waals surface area contributed by atoms with Crippen molar-refractivity contribution in [1.82, 2.24) is 10.2 Å². The Hall–Kier alpha value is -0.160. The first kappa shape index (κ1) is 16.2. The number of nitrogens with zero attached hydrogens (tertiary/aromatic N) is 1. The van der Waals surface area contributed by atoms with E-state index in [1.165, 1.54) is 38.5 Å². The fraction of sp³-hybridized carbons (Fsp3) is 1.00. The molecular formula is C16H32N2O2. The van der Waals surface area contributed by atoms with Gasteiger partial charge in [-0.15, -0.1) is 0 Å². The molecule has 0 bridgehead atoms. The van der Waals surface area contributed by atoms with Gasteiger partial charge in [0.05, 0.1) is 25.9 Å². The van der Waals surface area contributed by atoms with Crippen molar-refractivity contribution in [2.24, 2.45) is 5.41 Å². The lowest BCUT2D eigenvalue weighted by Gasteiger charge is -2.45. The van der Waals surface area contributed by atoms with E-state index in [1.54, 1.807) is 0 Å². The number of hydrogen-bond acceptors (Lipinski definition) is 4. The van der Waals surface area contributed by atoms with E-state index in [9.17, 15) is 5.11 Å². The molecule has 2 fully saturated rings. The number of morpholine rings is 1. The monoisotopic (exact) mass is 284 g/mol. The van der Waals surface area contributed by atoms with Gasteiger partial charge in [-0.2, -0.15) is 0 Å². The lowest BCUT2D eigenvalue weighted by atomic mass is 9.73. The van der Waals surface area contributed by atoms with Crippen LogP contribution in [0.15, 0.2) is 0 Å². The first-order valence-electron chi connectivity index (χ1n) is 8.43. The third kappa shape index (κ3) is 4.42. The second-order valence-electron chi connectivity index (χ2n) is 6.62. The van der Waals surface area contributed by atoms with Crippen LogP contribution in [0.25, 0.3) is 0 Å². The van der Waals surface area contributed by atoms with E-state index in [4.69, 9.17) is 4.74 Å². The molecule has 20 heavy (non-hydrogen) atoms. The van der Waals surface area contributed by atoms with Crippen molar-refractivity contribution in [1.29, 1.82) is 0 Å². The van der Waals surface area contributed by atoms with Gasteiger partial charge in [0.2, 0.25) is 0 Å². The maximum absolute atomic E-state index is 9.55. The van der Waals surface area contributed by atoms with Crippen molar-refractivity contribution in [3.05, 3.63) is 0 Å². The highest BCUT2D eigenvalue weighted by molar-refractivity contribution is 4.90. The zero-order valence-electron chi connectivity index (χ0n) is 13.1. The van der Waals surface area contributed by atoms with Crippen molar-refractivity contribution in [2.75, 3.05) is 46.0 Å². The average Bonchev–Trinajstić information content (AvgIpc) is 2.49. The van der Waals surface area contributed by atoms with E-state index in [0.29, 0.717) is 12.0 Å². The van der Waals surface area contributed by atoms with Crippen molar-refractivity contribution < 1.29 is 9.84 Å². The van der Waals surface area contributed by atoms with E-state index in [1.807, 2.05) is 0 Å². The summed E-state index contributed by atoms with van der Waals surface area (Å²) in [5, 5.41) is 13.2. The van der Waals surface area contributed by atoms with Gasteiger partial charge in [-0.1, -0.05) is 26.2 Å². The van der Waals surface area contributed by atoms with E-state index in [-0.39, 0.29) is 12.6 Å². The van der Waals surface area contributed by atoms with Crippen LogP contribution >= 0.6 is 0 Å². The molecule has 1 heterocycles. The van der Waals surface area contributed by atoms with Crippen LogP contribution in [-0.4, -0.2) is 62.0 Å². The van der Waals surface area contributed by atoms with Gasteiger partial charge < -0.3 is 15.2 Å². The van der Waals surface area contributed by atoms with Gasteiger partial charge in [-0.3, -0.25) is 4.90 Å². The van der Waals surface area contributed by atoms with Crippen LogP contribution < -0.4 is 5.32 Å². The summed E-state index contributed by atoms with van der Waals surface area (Å²) in [7, 11) is 0. The van der Waals surface area contributed by atoms with Gasteiger partial charge >= 0.3 is 0 Å². The Kier molecular flexibility index (Phi) is 6.75. The highest BCUT2D eigenvalue weighted by Crippen LogP contribution is 2.37. The molecule has 0 aromatic heterocycles. The number of rotatable bonds is 7. The van der Waals surface area contributed by atoms with Crippen LogP contribution in [0, 0.1) is 5.41 Å². The Labute approximate surface area is 123 Å². The van der Waals surface area contributed by atoms with Crippen LogP contribution in [0.3, 0.4) is 0 Å². The van der Waals surface area contributed by atoms with Gasteiger partial charge in [-0.05, 0) is 31.2 Å². The van der Waals surface area contributed by atoms with E-state index < -0.39 is 0 Å². The molecule has 2 aliphatic rings. The number of aliphatic hydroxyl groups is 1. The predicted octanol–water partition coefficient (Wildman–Crippen LogP) is 1.63. The summed E-state index contributed by atoms with van der Waals surface area (Å²) in [5.74, 6) is 0. The van der Waals surface area contributed by atoms with Crippen LogP contribution in [0.1, 0.15) is 45.4 Å². The third-order valence-electron chi connectivity index (χ3n) is 4.94. The molecule has 2 rings (SSSR count). The minimum absolute atomic E-state index is 0.203. The second-order valence-corrected chi connectivity index (χ2v) is 6.62. The largest absolute Gasteiger partial charge is 0.395 e. The molecule has 0 aromatic rings. The lowest BCUT2D eigenvalue weighted by molar-refractivity contribution is -0.0495. The molecule has 4 nitrogen and oxygen atoms in total. The molecule has 0 amide bonds. The van der Waals surface area contributed by atoms with Crippen LogP contribution in [0.5, 0.6) is 0 Å². The SMILES string of the molecule is CCCNCC1(CN2CCOCC2CO)CCCCC1. The van der Waals surface area contributed by atoms with Gasteiger partial charge in [0.25, 0.3) is 0 Å². The highest BCUT2D eigenvalue weighted by Gasteiger charge is 2.36. The molecule has 1 saturated carbocycles.